The van der Waals surface area contributed by atoms with Gasteiger partial charge in [-0.3, -0.25) is 0 Å². The summed E-state index contributed by atoms with van der Waals surface area (Å²) in [4.78, 5) is 0. The molecular formula is C34H32P2. The van der Waals surface area contributed by atoms with Crippen LogP contribution in [0.25, 0.3) is 0 Å². The lowest BCUT2D eigenvalue weighted by atomic mass is 10.2. The van der Waals surface area contributed by atoms with E-state index < -0.39 is 15.8 Å². The van der Waals surface area contributed by atoms with E-state index in [-0.39, 0.29) is 0 Å². The Morgan fingerprint density at radius 1 is 0.250 bits per heavy atom. The van der Waals surface area contributed by atoms with Crippen LogP contribution < -0.4 is 31.8 Å². The minimum atomic E-state index is -0.612. The zero-order valence-corrected chi connectivity index (χ0v) is 23.2. The first-order valence-corrected chi connectivity index (χ1v) is 15.1. The van der Waals surface area contributed by atoms with Gasteiger partial charge < -0.3 is 0 Å². The molecule has 0 bridgehead atoms. The molecule has 5 aromatic carbocycles. The van der Waals surface area contributed by atoms with Crippen LogP contribution in [-0.2, 0) is 0 Å². The van der Waals surface area contributed by atoms with E-state index in [1.54, 1.807) is 0 Å². The molecule has 0 N–H and O–H groups in total. The fourth-order valence-electron chi connectivity index (χ4n) is 4.42. The molecule has 0 nitrogen and oxygen atoms in total. The summed E-state index contributed by atoms with van der Waals surface area (Å²) in [5, 5.41) is 8.37. The van der Waals surface area contributed by atoms with Gasteiger partial charge in [-0.2, -0.15) is 0 Å². The van der Waals surface area contributed by atoms with Gasteiger partial charge in [-0.15, -0.1) is 0 Å². The summed E-state index contributed by atoms with van der Waals surface area (Å²) in [6.07, 6.45) is 0. The molecule has 0 unspecified atom stereocenters. The number of hydrogen-bond acceptors (Lipinski definition) is 0. The predicted molar refractivity (Wildman–Crippen MR) is 163 cm³/mol. The second kappa shape index (κ2) is 10.9. The number of benzene rings is 5. The molecule has 0 aliphatic rings. The molecule has 178 valence electrons. The van der Waals surface area contributed by atoms with Gasteiger partial charge in [-0.05, 0) is 75.4 Å². The van der Waals surface area contributed by atoms with Gasteiger partial charge in [0.15, 0.2) is 0 Å². The number of aryl methyl sites for hydroxylation is 4. The van der Waals surface area contributed by atoms with Gasteiger partial charge in [0.05, 0.1) is 0 Å². The van der Waals surface area contributed by atoms with Gasteiger partial charge in [0, 0.05) is 0 Å². The molecule has 0 radical (unpaired) electrons. The molecule has 0 aromatic heterocycles. The molecule has 0 saturated carbocycles. The van der Waals surface area contributed by atoms with E-state index >= 15 is 0 Å². The Morgan fingerprint density at radius 3 is 0.556 bits per heavy atom. The van der Waals surface area contributed by atoms with Gasteiger partial charge in [0.2, 0.25) is 0 Å². The zero-order valence-electron chi connectivity index (χ0n) is 21.4. The molecule has 5 rings (SSSR count). The minimum absolute atomic E-state index is 0.612. The smallest absolute Gasteiger partial charge is 0.0134 e. The maximum atomic E-state index is 2.37. The predicted octanol–water partition coefficient (Wildman–Crippen LogP) is 6.44. The summed E-state index contributed by atoms with van der Waals surface area (Å²) < 4.78 is 0. The monoisotopic (exact) mass is 502 g/mol. The summed E-state index contributed by atoms with van der Waals surface area (Å²) in [5.74, 6) is 0. The Bertz CT molecular complexity index is 1210. The van der Waals surface area contributed by atoms with Crippen LogP contribution in [0.2, 0.25) is 0 Å². The van der Waals surface area contributed by atoms with Gasteiger partial charge in [0.25, 0.3) is 0 Å². The molecule has 0 amide bonds. The Kier molecular flexibility index (Phi) is 7.48. The lowest BCUT2D eigenvalue weighted by molar-refractivity contribution is 1.49. The molecule has 0 aliphatic carbocycles. The highest BCUT2D eigenvalue weighted by Gasteiger charge is 2.20. The Balaban J connectivity index is 1.57. The van der Waals surface area contributed by atoms with Crippen molar-refractivity contribution in [1.29, 1.82) is 0 Å². The van der Waals surface area contributed by atoms with Crippen molar-refractivity contribution in [3.05, 3.63) is 144 Å². The third kappa shape index (κ3) is 5.52. The lowest BCUT2D eigenvalue weighted by Gasteiger charge is -2.23. The SMILES string of the molecule is Cc1ccc(P(c2ccc(C)cc2)c2ccc(P(c3ccc(C)cc3)c3ccc(C)cc3)cc2)cc1. The fraction of sp³-hybridized carbons (Fsp3) is 0.118. The standard InChI is InChI=1S/C34H32P2/c1-25-5-13-29(14-6-25)35(30-15-7-26(2)8-16-30)33-21-23-34(24-22-33)36(31-17-9-27(3)10-18-31)32-19-11-28(4)12-20-32/h5-24H,1-4H3. The maximum Gasteiger partial charge on any atom is -0.0134 e. The van der Waals surface area contributed by atoms with E-state index in [2.05, 4.69) is 149 Å². The normalized spacial score (nSPS) is 11.3. The Hall–Kier alpha value is -3.04. The molecule has 0 spiro atoms. The quantitative estimate of drug-likeness (QED) is 0.235. The summed E-state index contributed by atoms with van der Waals surface area (Å²) in [5.41, 5.74) is 5.20. The van der Waals surface area contributed by atoms with Crippen LogP contribution in [0.5, 0.6) is 0 Å². The van der Waals surface area contributed by atoms with E-state index in [4.69, 9.17) is 0 Å². The third-order valence-corrected chi connectivity index (χ3v) is 11.4. The summed E-state index contributed by atoms with van der Waals surface area (Å²) >= 11 is 0. The lowest BCUT2D eigenvalue weighted by Crippen LogP contribution is -2.24. The zero-order chi connectivity index (χ0) is 25.1. The second-order valence-corrected chi connectivity index (χ2v) is 14.0. The van der Waals surface area contributed by atoms with Crippen LogP contribution in [0.15, 0.2) is 121 Å². The van der Waals surface area contributed by atoms with Gasteiger partial charge in [0.1, 0.15) is 0 Å². The van der Waals surface area contributed by atoms with Crippen molar-refractivity contribution in [3.63, 3.8) is 0 Å². The molecule has 0 heterocycles. The fourth-order valence-corrected chi connectivity index (χ4v) is 8.89. The highest BCUT2D eigenvalue weighted by Crippen LogP contribution is 2.36. The first-order valence-electron chi connectivity index (χ1n) is 12.4. The van der Waals surface area contributed by atoms with Gasteiger partial charge >= 0.3 is 0 Å². The first-order chi connectivity index (χ1) is 17.5. The van der Waals surface area contributed by atoms with Crippen molar-refractivity contribution < 1.29 is 0 Å². The van der Waals surface area contributed by atoms with Crippen LogP contribution >= 0.6 is 15.8 Å². The molecule has 0 atom stereocenters. The molecule has 5 aromatic rings. The molecule has 2 heteroatoms. The van der Waals surface area contributed by atoms with Crippen molar-refractivity contribution in [3.8, 4) is 0 Å². The Labute approximate surface area is 218 Å². The van der Waals surface area contributed by atoms with Gasteiger partial charge in [-0.25, -0.2) is 0 Å². The highest BCUT2D eigenvalue weighted by atomic mass is 31.1. The summed E-state index contributed by atoms with van der Waals surface area (Å²) in [7, 11) is -1.22. The van der Waals surface area contributed by atoms with Crippen molar-refractivity contribution >= 4 is 47.7 Å². The van der Waals surface area contributed by atoms with Crippen molar-refractivity contribution in [2.24, 2.45) is 0 Å². The first kappa shape index (κ1) is 24.6. The van der Waals surface area contributed by atoms with Crippen LogP contribution in [0.1, 0.15) is 22.3 Å². The molecule has 0 fully saturated rings. The van der Waals surface area contributed by atoms with E-state index in [0.29, 0.717) is 0 Å². The summed E-state index contributed by atoms with van der Waals surface area (Å²) in [6.45, 7) is 8.63. The Morgan fingerprint density at radius 2 is 0.389 bits per heavy atom. The molecular weight excluding hydrogens is 470 g/mol. The average molecular weight is 503 g/mol. The van der Waals surface area contributed by atoms with Crippen molar-refractivity contribution in [1.82, 2.24) is 0 Å². The van der Waals surface area contributed by atoms with Crippen LogP contribution in [0, 0.1) is 27.7 Å². The number of rotatable bonds is 6. The van der Waals surface area contributed by atoms with Crippen molar-refractivity contribution in [2.75, 3.05) is 0 Å². The average Bonchev–Trinajstić information content (AvgIpc) is 2.90. The summed E-state index contributed by atoms with van der Waals surface area (Å²) in [6, 6.07) is 45.8. The van der Waals surface area contributed by atoms with E-state index in [9.17, 15) is 0 Å². The molecule has 36 heavy (non-hydrogen) atoms. The van der Waals surface area contributed by atoms with Crippen LogP contribution in [-0.4, -0.2) is 0 Å². The molecule has 0 aliphatic heterocycles. The largest absolute Gasteiger partial charge is 0.0587 e. The van der Waals surface area contributed by atoms with Crippen molar-refractivity contribution in [2.45, 2.75) is 27.7 Å². The minimum Gasteiger partial charge on any atom is -0.0587 e. The highest BCUT2D eigenvalue weighted by molar-refractivity contribution is 7.80. The van der Waals surface area contributed by atoms with Crippen LogP contribution in [0.3, 0.4) is 0 Å². The third-order valence-electron chi connectivity index (χ3n) is 6.53. The van der Waals surface area contributed by atoms with E-state index in [1.807, 2.05) is 0 Å². The maximum absolute atomic E-state index is 2.37. The van der Waals surface area contributed by atoms with Crippen LogP contribution in [0.4, 0.5) is 0 Å². The molecule has 0 saturated heterocycles. The van der Waals surface area contributed by atoms with Gasteiger partial charge in [-0.1, -0.05) is 144 Å². The second-order valence-electron chi connectivity index (χ2n) is 9.53. The van der Waals surface area contributed by atoms with E-state index in [0.717, 1.165) is 0 Å². The topological polar surface area (TPSA) is 0 Å². The van der Waals surface area contributed by atoms with E-state index in [1.165, 1.54) is 54.1 Å². The number of hydrogen-bond donors (Lipinski definition) is 0.